The molecule has 0 fully saturated rings. The topological polar surface area (TPSA) is 63.8 Å². The summed E-state index contributed by atoms with van der Waals surface area (Å²) in [6.45, 7) is 1.29. The summed E-state index contributed by atoms with van der Waals surface area (Å²) in [5.74, 6) is 0.681. The number of nitrogens with two attached hydrogens (primary N) is 1. The first-order valence-corrected chi connectivity index (χ1v) is 5.69. The highest BCUT2D eigenvalue weighted by molar-refractivity contribution is 6.30. The summed E-state index contributed by atoms with van der Waals surface area (Å²) in [6, 6.07) is 7.43. The van der Waals surface area contributed by atoms with Crippen LogP contribution in [0.4, 0.5) is 5.69 Å². The average Bonchev–Trinajstić information content (AvgIpc) is 2.38. The minimum Gasteiger partial charge on any atom is -0.381 e. The maximum absolute atomic E-state index is 5.82. The standard InChI is InChI=1S/C12H13ClN4/c13-10-3-1-9(2-4-10)12-16-7-11(8-17-12)15-6-5-14/h1-4,7-8,15H,5-6,14H2. The summed E-state index contributed by atoms with van der Waals surface area (Å²) in [5, 5.41) is 3.81. The van der Waals surface area contributed by atoms with Gasteiger partial charge in [-0.3, -0.25) is 0 Å². The van der Waals surface area contributed by atoms with Gasteiger partial charge in [-0.1, -0.05) is 11.6 Å². The number of aromatic nitrogens is 2. The molecule has 1 heterocycles. The summed E-state index contributed by atoms with van der Waals surface area (Å²) in [6.07, 6.45) is 3.49. The van der Waals surface area contributed by atoms with Gasteiger partial charge in [-0.2, -0.15) is 0 Å². The maximum atomic E-state index is 5.82. The predicted octanol–water partition coefficient (Wildman–Crippen LogP) is 2.17. The van der Waals surface area contributed by atoms with Crippen LogP contribution in [0, 0.1) is 0 Å². The Morgan fingerprint density at radius 3 is 2.35 bits per heavy atom. The Kier molecular flexibility index (Phi) is 3.90. The van der Waals surface area contributed by atoms with Gasteiger partial charge in [0, 0.05) is 23.7 Å². The Morgan fingerprint density at radius 2 is 1.76 bits per heavy atom. The average molecular weight is 249 g/mol. The molecule has 0 aliphatic heterocycles. The van der Waals surface area contributed by atoms with Gasteiger partial charge in [0.25, 0.3) is 0 Å². The highest BCUT2D eigenvalue weighted by Gasteiger charge is 2.00. The normalized spacial score (nSPS) is 10.2. The van der Waals surface area contributed by atoms with Crippen molar-refractivity contribution in [2.75, 3.05) is 18.4 Å². The van der Waals surface area contributed by atoms with E-state index in [1.165, 1.54) is 0 Å². The molecule has 1 aromatic carbocycles. The van der Waals surface area contributed by atoms with Crippen molar-refractivity contribution < 1.29 is 0 Å². The lowest BCUT2D eigenvalue weighted by Gasteiger charge is -2.04. The SMILES string of the molecule is NCCNc1cnc(-c2ccc(Cl)cc2)nc1. The van der Waals surface area contributed by atoms with E-state index in [1.807, 2.05) is 24.3 Å². The first-order valence-electron chi connectivity index (χ1n) is 5.31. The number of nitrogens with zero attached hydrogens (tertiary/aromatic N) is 2. The second-order valence-electron chi connectivity index (χ2n) is 3.52. The molecule has 5 heteroatoms. The van der Waals surface area contributed by atoms with Crippen LogP contribution in [0.25, 0.3) is 11.4 Å². The fraction of sp³-hybridized carbons (Fsp3) is 0.167. The number of hydrogen-bond donors (Lipinski definition) is 2. The fourth-order valence-electron chi connectivity index (χ4n) is 1.38. The van der Waals surface area contributed by atoms with Gasteiger partial charge in [0.2, 0.25) is 0 Å². The lowest BCUT2D eigenvalue weighted by Crippen LogP contribution is -2.13. The van der Waals surface area contributed by atoms with Crippen LogP contribution >= 0.6 is 11.6 Å². The highest BCUT2D eigenvalue weighted by atomic mass is 35.5. The number of nitrogens with one attached hydrogen (secondary N) is 1. The number of anilines is 1. The minimum atomic E-state index is 0.582. The zero-order valence-electron chi connectivity index (χ0n) is 9.23. The second-order valence-corrected chi connectivity index (χ2v) is 3.95. The van der Waals surface area contributed by atoms with Crippen LogP contribution in [-0.2, 0) is 0 Å². The van der Waals surface area contributed by atoms with Gasteiger partial charge in [0.1, 0.15) is 0 Å². The highest BCUT2D eigenvalue weighted by Crippen LogP contribution is 2.18. The number of benzene rings is 1. The van der Waals surface area contributed by atoms with Crippen molar-refractivity contribution in [2.24, 2.45) is 5.73 Å². The van der Waals surface area contributed by atoms with Crippen molar-refractivity contribution in [3.05, 3.63) is 41.7 Å². The Bertz CT molecular complexity index is 467. The van der Waals surface area contributed by atoms with E-state index in [1.54, 1.807) is 12.4 Å². The lowest BCUT2D eigenvalue weighted by molar-refractivity contribution is 1.02. The van der Waals surface area contributed by atoms with Crippen LogP contribution in [0.5, 0.6) is 0 Å². The van der Waals surface area contributed by atoms with Crippen molar-refractivity contribution in [3.8, 4) is 11.4 Å². The molecule has 0 aliphatic carbocycles. The smallest absolute Gasteiger partial charge is 0.159 e. The molecule has 88 valence electrons. The zero-order valence-corrected chi connectivity index (χ0v) is 9.98. The van der Waals surface area contributed by atoms with Gasteiger partial charge in [-0.25, -0.2) is 9.97 Å². The van der Waals surface area contributed by atoms with Crippen molar-refractivity contribution in [1.82, 2.24) is 9.97 Å². The quantitative estimate of drug-likeness (QED) is 0.871. The monoisotopic (exact) mass is 248 g/mol. The fourth-order valence-corrected chi connectivity index (χ4v) is 1.51. The molecule has 0 bridgehead atoms. The summed E-state index contributed by atoms with van der Waals surface area (Å²) in [5.41, 5.74) is 7.21. The van der Waals surface area contributed by atoms with Crippen LogP contribution in [0.15, 0.2) is 36.7 Å². The Hall–Kier alpha value is -1.65. The first-order chi connectivity index (χ1) is 8.29. The van der Waals surface area contributed by atoms with Gasteiger partial charge in [0.05, 0.1) is 18.1 Å². The van der Waals surface area contributed by atoms with E-state index in [0.29, 0.717) is 23.9 Å². The van der Waals surface area contributed by atoms with E-state index in [4.69, 9.17) is 17.3 Å². The lowest BCUT2D eigenvalue weighted by atomic mass is 10.2. The molecule has 0 radical (unpaired) electrons. The van der Waals surface area contributed by atoms with E-state index in [-0.39, 0.29) is 0 Å². The van der Waals surface area contributed by atoms with Crippen molar-refractivity contribution in [3.63, 3.8) is 0 Å². The summed E-state index contributed by atoms with van der Waals surface area (Å²) < 4.78 is 0. The third-order valence-corrected chi connectivity index (χ3v) is 2.48. The Morgan fingerprint density at radius 1 is 1.12 bits per heavy atom. The zero-order chi connectivity index (χ0) is 12.1. The van der Waals surface area contributed by atoms with Crippen LogP contribution in [0.2, 0.25) is 5.02 Å². The molecule has 0 aliphatic rings. The molecule has 17 heavy (non-hydrogen) atoms. The van der Waals surface area contributed by atoms with Gasteiger partial charge in [-0.05, 0) is 24.3 Å². The van der Waals surface area contributed by atoms with Crippen molar-refractivity contribution >= 4 is 17.3 Å². The third-order valence-electron chi connectivity index (χ3n) is 2.23. The van der Waals surface area contributed by atoms with Crippen LogP contribution < -0.4 is 11.1 Å². The maximum Gasteiger partial charge on any atom is 0.159 e. The molecule has 0 saturated heterocycles. The molecule has 1 aromatic heterocycles. The van der Waals surface area contributed by atoms with Gasteiger partial charge in [-0.15, -0.1) is 0 Å². The molecule has 0 saturated carbocycles. The molecule has 0 atom stereocenters. The largest absolute Gasteiger partial charge is 0.381 e. The number of rotatable bonds is 4. The molecule has 0 unspecified atom stereocenters. The minimum absolute atomic E-state index is 0.582. The summed E-state index contributed by atoms with van der Waals surface area (Å²) in [4.78, 5) is 8.55. The Balaban J connectivity index is 2.14. The predicted molar refractivity (Wildman–Crippen MR) is 70.0 cm³/mol. The van der Waals surface area contributed by atoms with E-state index in [0.717, 1.165) is 11.3 Å². The molecule has 2 aromatic rings. The van der Waals surface area contributed by atoms with Gasteiger partial charge in [0.15, 0.2) is 5.82 Å². The molecule has 3 N–H and O–H groups in total. The second kappa shape index (κ2) is 5.61. The molecule has 2 rings (SSSR count). The van der Waals surface area contributed by atoms with E-state index >= 15 is 0 Å². The molecule has 4 nitrogen and oxygen atoms in total. The summed E-state index contributed by atoms with van der Waals surface area (Å²) in [7, 11) is 0. The van der Waals surface area contributed by atoms with E-state index in [9.17, 15) is 0 Å². The first kappa shape index (κ1) is 11.8. The van der Waals surface area contributed by atoms with Crippen LogP contribution in [-0.4, -0.2) is 23.1 Å². The molecular weight excluding hydrogens is 236 g/mol. The molecular formula is C12H13ClN4. The number of hydrogen-bond acceptors (Lipinski definition) is 4. The van der Waals surface area contributed by atoms with Gasteiger partial charge >= 0.3 is 0 Å². The van der Waals surface area contributed by atoms with Crippen molar-refractivity contribution in [1.29, 1.82) is 0 Å². The van der Waals surface area contributed by atoms with E-state index < -0.39 is 0 Å². The Labute approximate surface area is 105 Å². The molecule has 0 spiro atoms. The molecule has 0 amide bonds. The van der Waals surface area contributed by atoms with Crippen LogP contribution in [0.1, 0.15) is 0 Å². The van der Waals surface area contributed by atoms with E-state index in [2.05, 4.69) is 15.3 Å². The third kappa shape index (κ3) is 3.15. The number of halogens is 1. The van der Waals surface area contributed by atoms with Crippen molar-refractivity contribution in [2.45, 2.75) is 0 Å². The van der Waals surface area contributed by atoms with Crippen LogP contribution in [0.3, 0.4) is 0 Å². The van der Waals surface area contributed by atoms with Gasteiger partial charge < -0.3 is 11.1 Å². The summed E-state index contributed by atoms with van der Waals surface area (Å²) >= 11 is 5.82.